The Morgan fingerprint density at radius 2 is 1.92 bits per heavy atom. The molecule has 1 saturated heterocycles. The van der Waals surface area contributed by atoms with Crippen LogP contribution in [-0.2, 0) is 10.9 Å². The minimum atomic E-state index is -4.55. The van der Waals surface area contributed by atoms with Crippen LogP contribution in [-0.4, -0.2) is 42.1 Å². The summed E-state index contributed by atoms with van der Waals surface area (Å²) in [5.74, 6) is 0.164. The summed E-state index contributed by atoms with van der Waals surface area (Å²) in [5, 5.41) is 2.40. The monoisotopic (exact) mass is 385 g/mol. The third kappa shape index (κ3) is 4.25. The number of carbonyl (C=O) groups excluding carboxylic acids is 1. The van der Waals surface area contributed by atoms with Crippen LogP contribution in [0.15, 0.2) is 36.5 Å². The van der Waals surface area contributed by atoms with Crippen LogP contribution in [0.1, 0.15) is 15.9 Å². The van der Waals surface area contributed by atoms with Crippen molar-refractivity contribution in [2.75, 3.05) is 31.6 Å². The fraction of sp³-hybridized carbons (Fsp3) is 0.294. The lowest BCUT2D eigenvalue weighted by molar-refractivity contribution is -0.137. The van der Waals surface area contributed by atoms with Crippen molar-refractivity contribution >= 4 is 29.0 Å². The summed E-state index contributed by atoms with van der Waals surface area (Å²) in [6, 6.07) is 6.62. The van der Waals surface area contributed by atoms with E-state index in [4.69, 9.17) is 16.3 Å². The molecular weight excluding hydrogens is 371 g/mol. The van der Waals surface area contributed by atoms with E-state index in [-0.39, 0.29) is 16.6 Å². The zero-order chi connectivity index (χ0) is 18.7. The van der Waals surface area contributed by atoms with E-state index >= 15 is 0 Å². The summed E-state index contributed by atoms with van der Waals surface area (Å²) in [6.07, 6.45) is -3.16. The molecule has 0 spiro atoms. The number of rotatable bonds is 3. The number of ether oxygens (including phenoxy) is 1. The highest BCUT2D eigenvalue weighted by molar-refractivity contribution is 6.31. The van der Waals surface area contributed by atoms with Crippen LogP contribution in [0.5, 0.6) is 0 Å². The second-order valence-corrected chi connectivity index (χ2v) is 6.06. The number of amides is 1. The molecule has 1 N–H and O–H groups in total. The molecule has 0 unspecified atom stereocenters. The van der Waals surface area contributed by atoms with E-state index in [1.54, 1.807) is 11.0 Å². The lowest BCUT2D eigenvalue weighted by atomic mass is 10.2. The molecular formula is C17H15ClF3N3O2. The third-order valence-corrected chi connectivity index (χ3v) is 4.18. The molecule has 0 bridgehead atoms. The number of aromatic nitrogens is 1. The lowest BCUT2D eigenvalue weighted by Gasteiger charge is -2.26. The molecule has 5 nitrogen and oxygen atoms in total. The Kier molecular flexibility index (Phi) is 5.33. The molecule has 0 saturated carbocycles. The second-order valence-electron chi connectivity index (χ2n) is 5.65. The van der Waals surface area contributed by atoms with Gasteiger partial charge in [0.1, 0.15) is 5.82 Å². The molecule has 3 rings (SSSR count). The van der Waals surface area contributed by atoms with Crippen molar-refractivity contribution in [3.63, 3.8) is 0 Å². The fourth-order valence-corrected chi connectivity index (χ4v) is 2.74. The van der Waals surface area contributed by atoms with Crippen molar-refractivity contribution in [1.29, 1.82) is 0 Å². The second kappa shape index (κ2) is 7.51. The molecule has 0 atom stereocenters. The summed E-state index contributed by atoms with van der Waals surface area (Å²) in [6.45, 7) is 2.03. The Balaban J connectivity index is 1.72. The molecule has 0 radical (unpaired) electrons. The fourth-order valence-electron chi connectivity index (χ4n) is 2.51. The maximum absolute atomic E-state index is 12.9. The van der Waals surface area contributed by atoms with Gasteiger partial charge >= 0.3 is 6.18 Å². The van der Waals surface area contributed by atoms with Gasteiger partial charge in [0, 0.05) is 25.0 Å². The van der Waals surface area contributed by atoms with Crippen LogP contribution in [0.4, 0.5) is 24.7 Å². The summed E-state index contributed by atoms with van der Waals surface area (Å²) < 4.78 is 43.9. The summed E-state index contributed by atoms with van der Waals surface area (Å²) in [7, 11) is 0. The van der Waals surface area contributed by atoms with E-state index in [1.807, 2.05) is 0 Å². The maximum Gasteiger partial charge on any atom is 0.417 e. The summed E-state index contributed by atoms with van der Waals surface area (Å²) >= 11 is 5.60. The number of nitrogens with one attached hydrogen (secondary N) is 1. The highest BCUT2D eigenvalue weighted by Crippen LogP contribution is 2.36. The average Bonchev–Trinajstić information content (AvgIpc) is 2.63. The zero-order valence-corrected chi connectivity index (χ0v) is 14.3. The first-order valence-electron chi connectivity index (χ1n) is 7.81. The molecule has 2 heterocycles. The van der Waals surface area contributed by atoms with Crippen LogP contribution in [0, 0.1) is 0 Å². The van der Waals surface area contributed by atoms with Gasteiger partial charge in [-0.3, -0.25) is 4.79 Å². The van der Waals surface area contributed by atoms with Crippen molar-refractivity contribution in [2.45, 2.75) is 6.18 Å². The molecule has 9 heteroatoms. The Morgan fingerprint density at radius 1 is 1.19 bits per heavy atom. The van der Waals surface area contributed by atoms with E-state index < -0.39 is 11.7 Å². The topological polar surface area (TPSA) is 54.5 Å². The predicted octanol–water partition coefficient (Wildman–Crippen LogP) is 3.97. The molecule has 1 fully saturated rings. The molecule has 1 aromatic carbocycles. The van der Waals surface area contributed by atoms with Gasteiger partial charge in [-0.25, -0.2) is 4.98 Å². The van der Waals surface area contributed by atoms with Crippen molar-refractivity contribution in [3.05, 3.63) is 52.7 Å². The van der Waals surface area contributed by atoms with E-state index in [0.29, 0.717) is 37.7 Å². The molecule has 0 aliphatic carbocycles. The van der Waals surface area contributed by atoms with Crippen molar-refractivity contribution in [1.82, 2.24) is 9.88 Å². The molecule has 1 aromatic heterocycles. The number of morpholine rings is 1. The molecule has 1 aliphatic rings. The third-order valence-electron chi connectivity index (χ3n) is 3.85. The standard InChI is InChI=1S/C17H15ClF3N3O2/c18-14-3-2-12(9-13(14)17(19,20)21)23-15-4-1-11(10-22-15)16(25)24-5-7-26-8-6-24/h1-4,9-10H,5-8H2,(H,22,23). The maximum atomic E-state index is 12.9. The van der Waals surface area contributed by atoms with Gasteiger partial charge in [-0.05, 0) is 30.3 Å². The van der Waals surface area contributed by atoms with Gasteiger partial charge in [0.25, 0.3) is 5.91 Å². The van der Waals surface area contributed by atoms with E-state index in [1.165, 1.54) is 24.4 Å². The first-order chi connectivity index (χ1) is 12.3. The van der Waals surface area contributed by atoms with Crippen molar-refractivity contribution in [2.24, 2.45) is 0 Å². The highest BCUT2D eigenvalue weighted by atomic mass is 35.5. The van der Waals surface area contributed by atoms with E-state index in [2.05, 4.69) is 10.3 Å². The number of hydrogen-bond donors (Lipinski definition) is 1. The molecule has 1 amide bonds. The van der Waals surface area contributed by atoms with Crippen LogP contribution < -0.4 is 5.32 Å². The van der Waals surface area contributed by atoms with Gasteiger partial charge < -0.3 is 15.0 Å². The Morgan fingerprint density at radius 3 is 2.54 bits per heavy atom. The van der Waals surface area contributed by atoms with Gasteiger partial charge in [0.15, 0.2) is 0 Å². The van der Waals surface area contributed by atoms with Gasteiger partial charge in [0.2, 0.25) is 0 Å². The number of alkyl halides is 3. The number of nitrogens with zero attached hydrogens (tertiary/aromatic N) is 2. The number of halogens is 4. The quantitative estimate of drug-likeness (QED) is 0.868. The van der Waals surface area contributed by atoms with Crippen molar-refractivity contribution in [3.8, 4) is 0 Å². The van der Waals surface area contributed by atoms with Gasteiger partial charge in [-0.1, -0.05) is 11.6 Å². The number of hydrogen-bond acceptors (Lipinski definition) is 4. The summed E-state index contributed by atoms with van der Waals surface area (Å²) in [4.78, 5) is 18.1. The largest absolute Gasteiger partial charge is 0.417 e. The number of carbonyl (C=O) groups is 1. The van der Waals surface area contributed by atoms with E-state index in [9.17, 15) is 18.0 Å². The molecule has 1 aliphatic heterocycles. The molecule has 138 valence electrons. The Hall–Kier alpha value is -2.32. The molecule has 26 heavy (non-hydrogen) atoms. The van der Waals surface area contributed by atoms with Crippen LogP contribution in [0.2, 0.25) is 5.02 Å². The SMILES string of the molecule is O=C(c1ccc(Nc2ccc(Cl)c(C(F)(F)F)c2)nc1)N1CCOCC1. The van der Waals surface area contributed by atoms with Gasteiger partial charge in [-0.2, -0.15) is 13.2 Å². The van der Waals surface area contributed by atoms with Crippen LogP contribution in [0.25, 0.3) is 0 Å². The average molecular weight is 386 g/mol. The van der Waals surface area contributed by atoms with Crippen molar-refractivity contribution < 1.29 is 22.7 Å². The number of benzene rings is 1. The Labute approximate surface area is 152 Å². The first kappa shape index (κ1) is 18.5. The zero-order valence-electron chi connectivity index (χ0n) is 13.5. The predicted molar refractivity (Wildman–Crippen MR) is 90.7 cm³/mol. The smallest absolute Gasteiger partial charge is 0.378 e. The minimum absolute atomic E-state index is 0.154. The highest BCUT2D eigenvalue weighted by Gasteiger charge is 2.33. The van der Waals surface area contributed by atoms with Gasteiger partial charge in [0.05, 0.1) is 29.4 Å². The van der Waals surface area contributed by atoms with E-state index in [0.717, 1.165) is 6.07 Å². The number of pyridine rings is 1. The number of anilines is 2. The first-order valence-corrected chi connectivity index (χ1v) is 8.19. The minimum Gasteiger partial charge on any atom is -0.378 e. The van der Waals surface area contributed by atoms with Gasteiger partial charge in [-0.15, -0.1) is 0 Å². The Bertz CT molecular complexity index is 791. The molecule has 2 aromatic rings. The van der Waals surface area contributed by atoms with Crippen LogP contribution >= 0.6 is 11.6 Å². The summed E-state index contributed by atoms with van der Waals surface area (Å²) in [5.41, 5.74) is -0.325. The van der Waals surface area contributed by atoms with Crippen LogP contribution in [0.3, 0.4) is 0 Å². The lowest BCUT2D eigenvalue weighted by Crippen LogP contribution is -2.40. The normalized spacial score (nSPS) is 15.0.